The predicted octanol–water partition coefficient (Wildman–Crippen LogP) is 2.84. The molecule has 1 aromatic heterocycles. The van der Waals surface area contributed by atoms with Crippen LogP contribution in [-0.4, -0.2) is 27.3 Å². The standard InChI is InChI=1S/C14H16BrN3O3/c1-2-4-11(14(19)20)16-8-12-17-13(18-21-12)9-5-3-6-10(15)7-9/h3,5-7,11,16H,2,4,8H2,1H3,(H,19,20). The summed E-state index contributed by atoms with van der Waals surface area (Å²) in [6.45, 7) is 2.17. The number of carbonyl (C=O) groups is 1. The Balaban J connectivity index is 2.02. The maximum absolute atomic E-state index is 11.0. The highest BCUT2D eigenvalue weighted by molar-refractivity contribution is 9.10. The normalized spacial score (nSPS) is 12.3. The molecule has 2 N–H and O–H groups in total. The molecule has 1 heterocycles. The number of nitrogens with one attached hydrogen (secondary N) is 1. The third-order valence-electron chi connectivity index (χ3n) is 2.93. The number of rotatable bonds is 7. The van der Waals surface area contributed by atoms with Gasteiger partial charge in [-0.15, -0.1) is 0 Å². The third-order valence-corrected chi connectivity index (χ3v) is 3.42. The average Bonchev–Trinajstić information content (AvgIpc) is 2.92. The van der Waals surface area contributed by atoms with Gasteiger partial charge in [-0.2, -0.15) is 4.98 Å². The van der Waals surface area contributed by atoms with Crippen molar-refractivity contribution in [2.45, 2.75) is 32.4 Å². The zero-order valence-corrected chi connectivity index (χ0v) is 13.1. The van der Waals surface area contributed by atoms with Crippen LogP contribution in [0.2, 0.25) is 0 Å². The van der Waals surface area contributed by atoms with E-state index in [4.69, 9.17) is 9.63 Å². The second kappa shape index (κ2) is 7.33. The smallest absolute Gasteiger partial charge is 0.320 e. The van der Waals surface area contributed by atoms with Crippen LogP contribution in [0.25, 0.3) is 11.4 Å². The number of halogens is 1. The molecule has 1 aromatic carbocycles. The summed E-state index contributed by atoms with van der Waals surface area (Å²) in [6, 6.07) is 6.96. The summed E-state index contributed by atoms with van der Waals surface area (Å²) in [4.78, 5) is 15.3. The van der Waals surface area contributed by atoms with E-state index in [0.29, 0.717) is 18.1 Å². The first-order valence-corrected chi connectivity index (χ1v) is 7.44. The van der Waals surface area contributed by atoms with Gasteiger partial charge in [-0.3, -0.25) is 10.1 Å². The zero-order valence-electron chi connectivity index (χ0n) is 11.5. The van der Waals surface area contributed by atoms with Gasteiger partial charge in [-0.05, 0) is 18.6 Å². The molecule has 0 amide bonds. The van der Waals surface area contributed by atoms with E-state index in [1.165, 1.54) is 0 Å². The first kappa shape index (κ1) is 15.7. The summed E-state index contributed by atoms with van der Waals surface area (Å²) in [5.74, 6) is -0.0219. The van der Waals surface area contributed by atoms with Crippen molar-refractivity contribution >= 4 is 21.9 Å². The number of aromatic nitrogens is 2. The Labute approximate surface area is 130 Å². The Bertz CT molecular complexity index is 615. The molecule has 2 aromatic rings. The van der Waals surface area contributed by atoms with Gasteiger partial charge in [-0.25, -0.2) is 0 Å². The van der Waals surface area contributed by atoms with Crippen LogP contribution >= 0.6 is 15.9 Å². The maximum atomic E-state index is 11.0. The van der Waals surface area contributed by atoms with Crippen molar-refractivity contribution in [1.29, 1.82) is 0 Å². The largest absolute Gasteiger partial charge is 0.480 e. The first-order chi connectivity index (χ1) is 10.1. The summed E-state index contributed by atoms with van der Waals surface area (Å²) in [5.41, 5.74) is 0.836. The quantitative estimate of drug-likeness (QED) is 0.795. The van der Waals surface area contributed by atoms with Crippen LogP contribution in [0.4, 0.5) is 0 Å². The SMILES string of the molecule is CCCC(NCc1nc(-c2cccc(Br)c2)no1)C(=O)O. The molecule has 2 rings (SSSR count). The zero-order chi connectivity index (χ0) is 15.2. The summed E-state index contributed by atoms with van der Waals surface area (Å²) < 4.78 is 6.06. The molecule has 112 valence electrons. The lowest BCUT2D eigenvalue weighted by molar-refractivity contribution is -0.139. The maximum Gasteiger partial charge on any atom is 0.320 e. The number of carboxylic acid groups (broad SMARTS) is 1. The minimum absolute atomic E-state index is 0.234. The molecule has 1 atom stereocenters. The van der Waals surface area contributed by atoms with E-state index in [9.17, 15) is 4.79 Å². The first-order valence-electron chi connectivity index (χ1n) is 6.65. The summed E-state index contributed by atoms with van der Waals surface area (Å²) >= 11 is 3.39. The van der Waals surface area contributed by atoms with Crippen molar-refractivity contribution in [1.82, 2.24) is 15.5 Å². The Kier molecular flexibility index (Phi) is 5.46. The van der Waals surface area contributed by atoms with E-state index < -0.39 is 12.0 Å². The van der Waals surface area contributed by atoms with E-state index in [-0.39, 0.29) is 6.54 Å². The van der Waals surface area contributed by atoms with E-state index in [1.807, 2.05) is 31.2 Å². The molecule has 1 unspecified atom stereocenters. The predicted molar refractivity (Wildman–Crippen MR) is 80.6 cm³/mol. The van der Waals surface area contributed by atoms with Gasteiger partial charge in [0.25, 0.3) is 0 Å². The molecule has 0 saturated heterocycles. The molecule has 6 nitrogen and oxygen atoms in total. The molecule has 21 heavy (non-hydrogen) atoms. The van der Waals surface area contributed by atoms with E-state index in [1.54, 1.807) is 0 Å². The summed E-state index contributed by atoms with van der Waals surface area (Å²) in [7, 11) is 0. The Morgan fingerprint density at radius 2 is 2.33 bits per heavy atom. The minimum Gasteiger partial charge on any atom is -0.480 e. The van der Waals surface area contributed by atoms with Crippen molar-refractivity contribution in [3.8, 4) is 11.4 Å². The van der Waals surface area contributed by atoms with Crippen molar-refractivity contribution in [3.05, 3.63) is 34.6 Å². The fraction of sp³-hybridized carbons (Fsp3) is 0.357. The van der Waals surface area contributed by atoms with Gasteiger partial charge in [0.15, 0.2) is 0 Å². The topological polar surface area (TPSA) is 88.3 Å². The van der Waals surface area contributed by atoms with Crippen LogP contribution in [0.5, 0.6) is 0 Å². The number of carboxylic acids is 1. The average molecular weight is 354 g/mol. The van der Waals surface area contributed by atoms with Crippen molar-refractivity contribution in [2.24, 2.45) is 0 Å². The lowest BCUT2D eigenvalue weighted by atomic mass is 10.2. The lowest BCUT2D eigenvalue weighted by Crippen LogP contribution is -2.36. The number of aliphatic carboxylic acids is 1. The van der Waals surface area contributed by atoms with Gasteiger partial charge < -0.3 is 9.63 Å². The second-order valence-electron chi connectivity index (χ2n) is 4.58. The molecule has 0 aliphatic rings. The van der Waals surface area contributed by atoms with Crippen LogP contribution in [0.15, 0.2) is 33.3 Å². The Morgan fingerprint density at radius 1 is 1.52 bits per heavy atom. The molecule has 0 fully saturated rings. The lowest BCUT2D eigenvalue weighted by Gasteiger charge is -2.11. The van der Waals surface area contributed by atoms with E-state index in [2.05, 4.69) is 31.4 Å². The Morgan fingerprint density at radius 3 is 3.00 bits per heavy atom. The van der Waals surface area contributed by atoms with Crippen LogP contribution in [0.1, 0.15) is 25.7 Å². The van der Waals surface area contributed by atoms with Gasteiger partial charge in [0.05, 0.1) is 6.54 Å². The number of benzene rings is 1. The van der Waals surface area contributed by atoms with Gasteiger partial charge in [-0.1, -0.05) is 46.6 Å². The fourth-order valence-electron chi connectivity index (χ4n) is 1.88. The molecular weight excluding hydrogens is 338 g/mol. The van der Waals surface area contributed by atoms with E-state index >= 15 is 0 Å². The van der Waals surface area contributed by atoms with Crippen molar-refractivity contribution in [3.63, 3.8) is 0 Å². The minimum atomic E-state index is -0.872. The number of hydrogen-bond donors (Lipinski definition) is 2. The highest BCUT2D eigenvalue weighted by Gasteiger charge is 2.17. The summed E-state index contributed by atoms with van der Waals surface area (Å²) in [5, 5.41) is 15.9. The number of nitrogens with zero attached hydrogens (tertiary/aromatic N) is 2. The van der Waals surface area contributed by atoms with Gasteiger partial charge in [0.2, 0.25) is 11.7 Å². The van der Waals surface area contributed by atoms with Gasteiger partial charge in [0.1, 0.15) is 6.04 Å². The van der Waals surface area contributed by atoms with Crippen LogP contribution in [0, 0.1) is 0 Å². The molecule has 0 bridgehead atoms. The summed E-state index contributed by atoms with van der Waals surface area (Å²) in [6.07, 6.45) is 1.35. The third kappa shape index (κ3) is 4.37. The van der Waals surface area contributed by atoms with Gasteiger partial charge in [0, 0.05) is 10.0 Å². The van der Waals surface area contributed by atoms with Crippen molar-refractivity contribution < 1.29 is 14.4 Å². The van der Waals surface area contributed by atoms with Crippen LogP contribution in [0.3, 0.4) is 0 Å². The molecular formula is C14H16BrN3O3. The van der Waals surface area contributed by atoms with E-state index in [0.717, 1.165) is 16.5 Å². The van der Waals surface area contributed by atoms with Crippen LogP contribution < -0.4 is 5.32 Å². The van der Waals surface area contributed by atoms with Crippen LogP contribution in [-0.2, 0) is 11.3 Å². The van der Waals surface area contributed by atoms with Gasteiger partial charge >= 0.3 is 5.97 Å². The second-order valence-corrected chi connectivity index (χ2v) is 5.50. The monoisotopic (exact) mass is 353 g/mol. The molecule has 0 saturated carbocycles. The highest BCUT2D eigenvalue weighted by Crippen LogP contribution is 2.20. The molecule has 0 radical (unpaired) electrons. The molecule has 0 spiro atoms. The number of hydrogen-bond acceptors (Lipinski definition) is 5. The Hall–Kier alpha value is -1.73. The molecule has 7 heteroatoms. The fourth-order valence-corrected chi connectivity index (χ4v) is 2.28. The highest BCUT2D eigenvalue weighted by atomic mass is 79.9. The molecule has 0 aliphatic carbocycles. The van der Waals surface area contributed by atoms with Crippen molar-refractivity contribution in [2.75, 3.05) is 0 Å². The molecule has 0 aliphatic heterocycles.